The van der Waals surface area contributed by atoms with Gasteiger partial charge in [0.1, 0.15) is 0 Å². The summed E-state index contributed by atoms with van der Waals surface area (Å²) in [5.41, 5.74) is 1.38. The molecule has 0 amide bonds. The maximum absolute atomic E-state index is 12.2. The first-order valence-corrected chi connectivity index (χ1v) is 8.16. The summed E-state index contributed by atoms with van der Waals surface area (Å²) in [6.45, 7) is 0. The first kappa shape index (κ1) is 16.5. The third kappa shape index (κ3) is 3.84. The summed E-state index contributed by atoms with van der Waals surface area (Å²) in [6.07, 6.45) is 3.23. The maximum atomic E-state index is 12.2. The van der Waals surface area contributed by atoms with Crippen molar-refractivity contribution in [1.29, 1.82) is 0 Å². The fourth-order valence-corrected chi connectivity index (χ4v) is 2.52. The minimum Gasteiger partial charge on any atom is -0.493 e. The van der Waals surface area contributed by atoms with Crippen molar-refractivity contribution in [1.82, 2.24) is 0 Å². The van der Waals surface area contributed by atoms with Gasteiger partial charge in [-0.1, -0.05) is 12.1 Å². The second-order valence-electron chi connectivity index (χ2n) is 4.38. The van der Waals surface area contributed by atoms with Crippen molar-refractivity contribution in [2.45, 2.75) is 4.90 Å². The molecular formula is C17H15ClO3S. The highest BCUT2D eigenvalue weighted by molar-refractivity contribution is 8.21. The highest BCUT2D eigenvalue weighted by atomic mass is 35.7. The molecule has 114 valence electrons. The molecule has 0 aromatic heterocycles. The molecular weight excluding hydrogens is 320 g/mol. The number of allylic oxidation sites excluding steroid dienone is 1. The Morgan fingerprint density at radius 2 is 1.82 bits per heavy atom. The molecule has 22 heavy (non-hydrogen) atoms. The summed E-state index contributed by atoms with van der Waals surface area (Å²) < 4.78 is 10.6. The van der Waals surface area contributed by atoms with E-state index >= 15 is 0 Å². The molecule has 0 bridgehead atoms. The molecule has 0 saturated carbocycles. The molecule has 2 aromatic rings. The van der Waals surface area contributed by atoms with Gasteiger partial charge in [-0.05, 0) is 64.1 Å². The van der Waals surface area contributed by atoms with Crippen molar-refractivity contribution in [2.75, 3.05) is 14.2 Å². The smallest absolute Gasteiger partial charge is 0.185 e. The van der Waals surface area contributed by atoms with Crippen molar-refractivity contribution in [2.24, 2.45) is 0 Å². The zero-order valence-corrected chi connectivity index (χ0v) is 13.8. The third-order valence-electron chi connectivity index (χ3n) is 3.08. The van der Waals surface area contributed by atoms with Gasteiger partial charge in [-0.25, -0.2) is 0 Å². The lowest BCUT2D eigenvalue weighted by molar-refractivity contribution is 0.104. The Morgan fingerprint density at radius 1 is 1.09 bits per heavy atom. The molecule has 2 aromatic carbocycles. The monoisotopic (exact) mass is 334 g/mol. The topological polar surface area (TPSA) is 35.5 Å². The second kappa shape index (κ2) is 7.92. The standard InChI is InChI=1S/C17H15ClO3S/c1-20-16-5-3-4-13(17(16)21-2)8-11-15(19)12-6-9-14(22-18)10-7-12/h3-11H,1-2H3. The molecule has 0 radical (unpaired) electrons. The van der Waals surface area contributed by atoms with Gasteiger partial charge in [0, 0.05) is 16.0 Å². The van der Waals surface area contributed by atoms with Gasteiger partial charge in [0.2, 0.25) is 0 Å². The van der Waals surface area contributed by atoms with Crippen molar-refractivity contribution >= 4 is 33.5 Å². The molecule has 0 unspecified atom stereocenters. The predicted molar refractivity (Wildman–Crippen MR) is 91.1 cm³/mol. The van der Waals surface area contributed by atoms with Gasteiger partial charge >= 0.3 is 0 Å². The van der Waals surface area contributed by atoms with Gasteiger partial charge < -0.3 is 9.47 Å². The quantitative estimate of drug-likeness (QED) is 0.559. The van der Waals surface area contributed by atoms with E-state index in [1.165, 1.54) is 6.08 Å². The fourth-order valence-electron chi connectivity index (χ4n) is 1.98. The lowest BCUT2D eigenvalue weighted by Gasteiger charge is -2.09. The Bertz CT molecular complexity index is 681. The number of ether oxygens (including phenoxy) is 2. The van der Waals surface area contributed by atoms with E-state index in [1.807, 2.05) is 24.3 Å². The van der Waals surface area contributed by atoms with Crippen molar-refractivity contribution in [3.05, 3.63) is 59.7 Å². The minimum absolute atomic E-state index is 0.0870. The van der Waals surface area contributed by atoms with Crippen LogP contribution in [-0.2, 0) is 0 Å². The van der Waals surface area contributed by atoms with Gasteiger partial charge in [-0.3, -0.25) is 4.79 Å². The zero-order valence-electron chi connectivity index (χ0n) is 12.2. The van der Waals surface area contributed by atoms with E-state index in [0.717, 1.165) is 21.4 Å². The molecule has 0 saturated heterocycles. The Labute approximate surface area is 138 Å². The van der Waals surface area contributed by atoms with Crippen LogP contribution in [0.1, 0.15) is 15.9 Å². The Balaban J connectivity index is 2.22. The molecule has 0 aliphatic carbocycles. The first-order chi connectivity index (χ1) is 10.7. The van der Waals surface area contributed by atoms with E-state index in [2.05, 4.69) is 0 Å². The normalized spacial score (nSPS) is 10.7. The summed E-state index contributed by atoms with van der Waals surface area (Å²) in [6, 6.07) is 12.6. The van der Waals surface area contributed by atoms with Crippen LogP contribution in [-0.4, -0.2) is 20.0 Å². The summed E-state index contributed by atoms with van der Waals surface area (Å²) in [7, 11) is 9.92. The van der Waals surface area contributed by atoms with Crippen LogP contribution < -0.4 is 9.47 Å². The second-order valence-corrected chi connectivity index (χ2v) is 5.47. The fraction of sp³-hybridized carbons (Fsp3) is 0.118. The number of methoxy groups -OCH3 is 2. The van der Waals surface area contributed by atoms with Crippen LogP contribution >= 0.6 is 21.7 Å². The van der Waals surface area contributed by atoms with E-state index in [0.29, 0.717) is 17.1 Å². The van der Waals surface area contributed by atoms with Gasteiger partial charge in [-0.15, -0.1) is 0 Å². The Kier molecular flexibility index (Phi) is 5.92. The molecule has 3 nitrogen and oxygen atoms in total. The molecule has 5 heteroatoms. The summed E-state index contributed by atoms with van der Waals surface area (Å²) in [4.78, 5) is 13.1. The summed E-state index contributed by atoms with van der Waals surface area (Å²) in [5.74, 6) is 1.14. The van der Waals surface area contributed by atoms with Crippen LogP contribution in [0.4, 0.5) is 0 Å². The Hall–Kier alpha value is -1.91. The number of rotatable bonds is 6. The van der Waals surface area contributed by atoms with Crippen LogP contribution in [0.15, 0.2) is 53.4 Å². The van der Waals surface area contributed by atoms with Gasteiger partial charge in [0.25, 0.3) is 0 Å². The number of benzene rings is 2. The van der Waals surface area contributed by atoms with Crippen LogP contribution in [0, 0.1) is 0 Å². The number of carbonyl (C=O) groups is 1. The predicted octanol–water partition coefficient (Wildman–Crippen LogP) is 4.85. The largest absolute Gasteiger partial charge is 0.493 e. The highest BCUT2D eigenvalue weighted by Gasteiger charge is 2.08. The van der Waals surface area contributed by atoms with Crippen molar-refractivity contribution < 1.29 is 14.3 Å². The van der Waals surface area contributed by atoms with Gasteiger partial charge in [0.15, 0.2) is 17.3 Å². The number of ketones is 1. The number of hydrogen-bond acceptors (Lipinski definition) is 4. The molecule has 0 fully saturated rings. The molecule has 0 spiro atoms. The van der Waals surface area contributed by atoms with Crippen LogP contribution in [0.2, 0.25) is 0 Å². The number of halogens is 1. The summed E-state index contributed by atoms with van der Waals surface area (Å²) >= 11 is 0. The Morgan fingerprint density at radius 3 is 2.41 bits per heavy atom. The number of hydrogen-bond donors (Lipinski definition) is 0. The average Bonchev–Trinajstić information content (AvgIpc) is 2.59. The molecule has 0 aliphatic heterocycles. The van der Waals surface area contributed by atoms with Crippen LogP contribution in [0.5, 0.6) is 11.5 Å². The van der Waals surface area contributed by atoms with E-state index < -0.39 is 0 Å². The van der Waals surface area contributed by atoms with Crippen molar-refractivity contribution in [3.8, 4) is 11.5 Å². The third-order valence-corrected chi connectivity index (χ3v) is 4.06. The average molecular weight is 335 g/mol. The molecule has 0 aliphatic rings. The molecule has 0 heterocycles. The maximum Gasteiger partial charge on any atom is 0.185 e. The van der Waals surface area contributed by atoms with Gasteiger partial charge in [-0.2, -0.15) is 0 Å². The summed E-state index contributed by atoms with van der Waals surface area (Å²) in [5, 5.41) is 0. The van der Waals surface area contributed by atoms with Crippen molar-refractivity contribution in [3.63, 3.8) is 0 Å². The molecule has 0 atom stereocenters. The van der Waals surface area contributed by atoms with E-state index in [-0.39, 0.29) is 5.78 Å². The lowest BCUT2D eigenvalue weighted by Crippen LogP contribution is -1.95. The van der Waals surface area contributed by atoms with E-state index in [1.54, 1.807) is 38.5 Å². The van der Waals surface area contributed by atoms with Crippen LogP contribution in [0.25, 0.3) is 6.08 Å². The zero-order chi connectivity index (χ0) is 15.9. The highest BCUT2D eigenvalue weighted by Crippen LogP contribution is 2.31. The molecule has 2 rings (SSSR count). The molecule has 0 N–H and O–H groups in total. The SMILES string of the molecule is COc1cccc(C=CC(=O)c2ccc(SCl)cc2)c1OC. The first-order valence-electron chi connectivity index (χ1n) is 6.51. The van der Waals surface area contributed by atoms with E-state index in [9.17, 15) is 4.79 Å². The van der Waals surface area contributed by atoms with E-state index in [4.69, 9.17) is 20.2 Å². The minimum atomic E-state index is -0.0870. The lowest BCUT2D eigenvalue weighted by atomic mass is 10.1. The van der Waals surface area contributed by atoms with Gasteiger partial charge in [0.05, 0.1) is 14.2 Å². The number of carbonyl (C=O) groups excluding carboxylic acids is 1. The number of para-hydroxylation sites is 1. The van der Waals surface area contributed by atoms with Crippen LogP contribution in [0.3, 0.4) is 0 Å².